The van der Waals surface area contributed by atoms with Crippen LogP contribution in [-0.2, 0) is 0 Å². The number of rotatable bonds is 0. The van der Waals surface area contributed by atoms with Gasteiger partial charge < -0.3 is 0 Å². The minimum absolute atomic E-state index is 0.389. The van der Waals surface area contributed by atoms with Crippen molar-refractivity contribution in [2.75, 3.05) is 12.8 Å². The third kappa shape index (κ3) is 0.988. The molecular weight excluding hydrogens is 118 g/mol. The van der Waals surface area contributed by atoms with Gasteiger partial charge in [-0.25, -0.2) is 4.31 Å². The maximum absolute atomic E-state index is 5.22. The summed E-state index contributed by atoms with van der Waals surface area (Å²) in [6.07, 6.45) is 6.37. The number of hydrogen-bond acceptors (Lipinski definition) is 2. The van der Waals surface area contributed by atoms with E-state index in [4.69, 9.17) is 6.42 Å². The molecule has 1 unspecified atom stereocenters. The zero-order valence-electron chi connectivity index (χ0n) is 4.92. The van der Waals surface area contributed by atoms with Gasteiger partial charge in [0.15, 0.2) is 0 Å². The molecule has 0 aromatic heterocycles. The summed E-state index contributed by atoms with van der Waals surface area (Å²) in [7, 11) is 2.04. The van der Waals surface area contributed by atoms with Gasteiger partial charge in [-0.05, 0) is 13.5 Å². The fraction of sp³-hybridized carbons (Fsp3) is 0.667. The predicted octanol–water partition coefficient (Wildman–Crippen LogP) is 0.972. The van der Waals surface area contributed by atoms with Crippen LogP contribution in [0, 0.1) is 12.3 Å². The molecule has 0 N–H and O–H groups in total. The van der Waals surface area contributed by atoms with E-state index in [0.717, 1.165) is 6.42 Å². The van der Waals surface area contributed by atoms with Crippen LogP contribution in [0.5, 0.6) is 0 Å². The SMILES string of the molecule is C#CC1CCSN1C. The first-order valence-electron chi connectivity index (χ1n) is 2.66. The molecule has 1 atom stereocenters. The van der Waals surface area contributed by atoms with Crippen molar-refractivity contribution in [3.63, 3.8) is 0 Å². The summed E-state index contributed by atoms with van der Waals surface area (Å²) in [5.74, 6) is 3.90. The Morgan fingerprint density at radius 3 is 2.88 bits per heavy atom. The topological polar surface area (TPSA) is 3.24 Å². The molecule has 1 rings (SSSR count). The summed E-state index contributed by atoms with van der Waals surface area (Å²) in [6.45, 7) is 0. The molecule has 8 heavy (non-hydrogen) atoms. The molecule has 1 fully saturated rings. The maximum atomic E-state index is 5.22. The van der Waals surface area contributed by atoms with E-state index in [1.165, 1.54) is 5.75 Å². The largest absolute Gasteiger partial charge is 0.239 e. The van der Waals surface area contributed by atoms with Gasteiger partial charge in [0.25, 0.3) is 0 Å². The lowest BCUT2D eigenvalue weighted by Gasteiger charge is -2.09. The first kappa shape index (κ1) is 6.00. The Labute approximate surface area is 54.6 Å². The lowest BCUT2D eigenvalue weighted by Crippen LogP contribution is -2.16. The Bertz CT molecular complexity index is 116. The van der Waals surface area contributed by atoms with E-state index in [2.05, 4.69) is 10.2 Å². The Morgan fingerprint density at radius 1 is 1.88 bits per heavy atom. The molecule has 0 amide bonds. The van der Waals surface area contributed by atoms with Crippen LogP contribution < -0.4 is 0 Å². The first-order chi connectivity index (χ1) is 3.84. The summed E-state index contributed by atoms with van der Waals surface area (Å²) in [5, 5.41) is 0. The molecule has 0 saturated carbocycles. The Balaban J connectivity index is 2.45. The number of terminal acetylenes is 1. The first-order valence-corrected chi connectivity index (χ1v) is 3.60. The molecule has 44 valence electrons. The smallest absolute Gasteiger partial charge is 0.0813 e. The average Bonchev–Trinajstić information content (AvgIpc) is 2.14. The van der Waals surface area contributed by atoms with Crippen molar-refractivity contribution < 1.29 is 0 Å². The van der Waals surface area contributed by atoms with Gasteiger partial charge in [-0.1, -0.05) is 17.9 Å². The molecule has 0 aliphatic carbocycles. The monoisotopic (exact) mass is 127 g/mol. The second-order valence-corrected chi connectivity index (χ2v) is 3.09. The zero-order chi connectivity index (χ0) is 5.98. The van der Waals surface area contributed by atoms with Gasteiger partial charge in [0.1, 0.15) is 0 Å². The zero-order valence-corrected chi connectivity index (χ0v) is 5.74. The molecule has 1 nitrogen and oxygen atoms in total. The molecule has 0 spiro atoms. The highest BCUT2D eigenvalue weighted by Gasteiger charge is 2.18. The Hall–Kier alpha value is -0.130. The van der Waals surface area contributed by atoms with Crippen molar-refractivity contribution in [3.8, 4) is 12.3 Å². The van der Waals surface area contributed by atoms with Gasteiger partial charge >= 0.3 is 0 Å². The van der Waals surface area contributed by atoms with Crippen molar-refractivity contribution in [2.45, 2.75) is 12.5 Å². The van der Waals surface area contributed by atoms with Crippen LogP contribution >= 0.6 is 11.9 Å². The summed E-state index contributed by atoms with van der Waals surface area (Å²) < 4.78 is 2.14. The molecule has 1 saturated heterocycles. The van der Waals surface area contributed by atoms with Crippen LogP contribution in [0.4, 0.5) is 0 Å². The lowest BCUT2D eigenvalue weighted by molar-refractivity contribution is 0.512. The average molecular weight is 127 g/mol. The van der Waals surface area contributed by atoms with Gasteiger partial charge in [0.2, 0.25) is 0 Å². The molecule has 2 heteroatoms. The van der Waals surface area contributed by atoms with Crippen molar-refractivity contribution in [1.29, 1.82) is 0 Å². The molecule has 0 aromatic rings. The van der Waals surface area contributed by atoms with E-state index >= 15 is 0 Å². The van der Waals surface area contributed by atoms with Crippen LogP contribution in [0.15, 0.2) is 0 Å². The van der Waals surface area contributed by atoms with Crippen LogP contribution in [-0.4, -0.2) is 23.1 Å². The van der Waals surface area contributed by atoms with E-state index in [-0.39, 0.29) is 0 Å². The summed E-state index contributed by atoms with van der Waals surface area (Å²) in [5.41, 5.74) is 0. The minimum Gasteiger partial charge on any atom is -0.239 e. The van der Waals surface area contributed by atoms with Crippen LogP contribution in [0.3, 0.4) is 0 Å². The van der Waals surface area contributed by atoms with Gasteiger partial charge in [-0.2, -0.15) is 0 Å². The Kier molecular flexibility index (Phi) is 1.82. The second-order valence-electron chi connectivity index (χ2n) is 1.85. The van der Waals surface area contributed by atoms with E-state index in [1.54, 1.807) is 0 Å². The second kappa shape index (κ2) is 2.43. The summed E-state index contributed by atoms with van der Waals surface area (Å²) in [6, 6.07) is 0.389. The molecule has 1 heterocycles. The maximum Gasteiger partial charge on any atom is 0.0813 e. The fourth-order valence-corrected chi connectivity index (χ4v) is 1.73. The molecule has 1 aliphatic heterocycles. The van der Waals surface area contributed by atoms with E-state index < -0.39 is 0 Å². The molecule has 1 aliphatic rings. The van der Waals surface area contributed by atoms with Crippen molar-refractivity contribution in [1.82, 2.24) is 4.31 Å². The van der Waals surface area contributed by atoms with Gasteiger partial charge in [0, 0.05) is 5.75 Å². The molecule has 0 bridgehead atoms. The highest BCUT2D eigenvalue weighted by molar-refractivity contribution is 7.97. The number of hydrogen-bond donors (Lipinski definition) is 0. The van der Waals surface area contributed by atoms with E-state index in [0.29, 0.717) is 6.04 Å². The van der Waals surface area contributed by atoms with Gasteiger partial charge in [-0.3, -0.25) is 0 Å². The van der Waals surface area contributed by atoms with Gasteiger partial charge in [-0.15, -0.1) is 6.42 Å². The minimum atomic E-state index is 0.389. The normalized spacial score (nSPS) is 30.2. The quantitative estimate of drug-likeness (QED) is 0.352. The molecule has 0 aromatic carbocycles. The van der Waals surface area contributed by atoms with Gasteiger partial charge in [0.05, 0.1) is 6.04 Å². The van der Waals surface area contributed by atoms with Crippen molar-refractivity contribution >= 4 is 11.9 Å². The third-order valence-corrected chi connectivity index (χ3v) is 2.40. The fourth-order valence-electron chi connectivity index (χ4n) is 0.768. The summed E-state index contributed by atoms with van der Waals surface area (Å²) in [4.78, 5) is 0. The van der Waals surface area contributed by atoms with Crippen LogP contribution in [0.25, 0.3) is 0 Å². The third-order valence-electron chi connectivity index (χ3n) is 1.32. The summed E-state index contributed by atoms with van der Waals surface area (Å²) >= 11 is 1.82. The van der Waals surface area contributed by atoms with E-state index in [9.17, 15) is 0 Å². The van der Waals surface area contributed by atoms with Crippen LogP contribution in [0.1, 0.15) is 6.42 Å². The highest BCUT2D eigenvalue weighted by Crippen LogP contribution is 2.23. The Morgan fingerprint density at radius 2 is 2.62 bits per heavy atom. The number of nitrogens with zero attached hydrogens (tertiary/aromatic N) is 1. The van der Waals surface area contributed by atoms with Crippen LogP contribution in [0.2, 0.25) is 0 Å². The van der Waals surface area contributed by atoms with Crippen molar-refractivity contribution in [2.24, 2.45) is 0 Å². The van der Waals surface area contributed by atoms with E-state index in [1.807, 2.05) is 19.0 Å². The lowest BCUT2D eigenvalue weighted by atomic mass is 10.2. The predicted molar refractivity (Wildman–Crippen MR) is 37.5 cm³/mol. The molecular formula is C6H9NS. The standard InChI is InChI=1S/C6H9NS/c1-3-6-4-5-8-7(6)2/h1,6H,4-5H2,2H3. The van der Waals surface area contributed by atoms with Crippen molar-refractivity contribution in [3.05, 3.63) is 0 Å². The molecule has 0 radical (unpaired) electrons. The highest BCUT2D eigenvalue weighted by atomic mass is 32.2.